The van der Waals surface area contributed by atoms with Crippen molar-refractivity contribution in [3.63, 3.8) is 0 Å². The molecular formula is C15H24N2O2. The molecule has 0 aromatic heterocycles. The molecule has 0 aliphatic rings. The lowest BCUT2D eigenvalue weighted by atomic mass is 10.1. The number of benzene rings is 1. The summed E-state index contributed by atoms with van der Waals surface area (Å²) in [5.74, 6) is 0.0606. The van der Waals surface area contributed by atoms with Gasteiger partial charge in [0.1, 0.15) is 6.10 Å². The van der Waals surface area contributed by atoms with Gasteiger partial charge in [-0.1, -0.05) is 44.2 Å². The first kappa shape index (κ1) is 15.7. The van der Waals surface area contributed by atoms with E-state index in [9.17, 15) is 9.90 Å². The van der Waals surface area contributed by atoms with Crippen LogP contribution in [-0.2, 0) is 11.3 Å². The maximum atomic E-state index is 11.7. The molecule has 0 bridgehead atoms. The highest BCUT2D eigenvalue weighted by Crippen LogP contribution is 2.00. The lowest BCUT2D eigenvalue weighted by Crippen LogP contribution is -2.47. The Labute approximate surface area is 115 Å². The molecule has 0 heterocycles. The summed E-state index contributed by atoms with van der Waals surface area (Å²) in [6.45, 7) is 7.06. The van der Waals surface area contributed by atoms with Crippen LogP contribution in [-0.4, -0.2) is 29.7 Å². The maximum Gasteiger partial charge on any atom is 0.250 e. The van der Waals surface area contributed by atoms with Crippen molar-refractivity contribution >= 4 is 5.91 Å². The summed E-state index contributed by atoms with van der Waals surface area (Å²) in [4.78, 5) is 11.7. The van der Waals surface area contributed by atoms with E-state index in [0.717, 1.165) is 5.56 Å². The average molecular weight is 264 g/mol. The Morgan fingerprint density at radius 2 is 1.84 bits per heavy atom. The van der Waals surface area contributed by atoms with Crippen LogP contribution < -0.4 is 10.6 Å². The van der Waals surface area contributed by atoms with Gasteiger partial charge in [-0.15, -0.1) is 0 Å². The molecule has 0 saturated heterocycles. The monoisotopic (exact) mass is 264 g/mol. The van der Waals surface area contributed by atoms with Gasteiger partial charge in [-0.25, -0.2) is 0 Å². The van der Waals surface area contributed by atoms with E-state index in [1.165, 1.54) is 0 Å². The van der Waals surface area contributed by atoms with Crippen LogP contribution in [0.2, 0.25) is 0 Å². The minimum atomic E-state index is -1.03. The summed E-state index contributed by atoms with van der Waals surface area (Å²) in [6.07, 6.45) is -1.03. The molecule has 19 heavy (non-hydrogen) atoms. The number of hydrogen-bond acceptors (Lipinski definition) is 3. The number of amides is 1. The predicted molar refractivity (Wildman–Crippen MR) is 76.6 cm³/mol. The fraction of sp³-hybridized carbons (Fsp3) is 0.533. The SMILES string of the molecule is CC(C)CNC(=O)C(O)C(C)NCc1ccccc1. The molecule has 106 valence electrons. The van der Waals surface area contributed by atoms with Gasteiger partial charge in [-0.2, -0.15) is 0 Å². The molecule has 0 aliphatic carbocycles. The summed E-state index contributed by atoms with van der Waals surface area (Å²) in [6, 6.07) is 9.62. The van der Waals surface area contributed by atoms with E-state index in [0.29, 0.717) is 19.0 Å². The van der Waals surface area contributed by atoms with Crippen molar-refractivity contribution in [2.45, 2.75) is 39.5 Å². The van der Waals surface area contributed by atoms with E-state index < -0.39 is 6.10 Å². The molecule has 0 radical (unpaired) electrons. The smallest absolute Gasteiger partial charge is 0.250 e. The first-order chi connectivity index (χ1) is 9.00. The van der Waals surface area contributed by atoms with Crippen LogP contribution >= 0.6 is 0 Å². The van der Waals surface area contributed by atoms with Crippen LogP contribution in [0.3, 0.4) is 0 Å². The molecule has 2 atom stereocenters. The molecule has 3 N–H and O–H groups in total. The van der Waals surface area contributed by atoms with E-state index in [-0.39, 0.29) is 11.9 Å². The zero-order valence-corrected chi connectivity index (χ0v) is 11.9. The summed E-state index contributed by atoms with van der Waals surface area (Å²) >= 11 is 0. The van der Waals surface area contributed by atoms with Gasteiger partial charge in [0, 0.05) is 19.1 Å². The minimum absolute atomic E-state index is 0.285. The molecular weight excluding hydrogens is 240 g/mol. The normalized spacial score (nSPS) is 14.2. The summed E-state index contributed by atoms with van der Waals surface area (Å²) < 4.78 is 0. The molecule has 1 aromatic rings. The molecule has 1 rings (SSSR count). The van der Waals surface area contributed by atoms with Crippen molar-refractivity contribution in [1.29, 1.82) is 0 Å². The number of aliphatic hydroxyl groups excluding tert-OH is 1. The third-order valence-electron chi connectivity index (χ3n) is 2.90. The van der Waals surface area contributed by atoms with Crippen molar-refractivity contribution < 1.29 is 9.90 Å². The second-order valence-corrected chi connectivity index (χ2v) is 5.24. The Morgan fingerprint density at radius 3 is 2.42 bits per heavy atom. The Hall–Kier alpha value is -1.39. The fourth-order valence-corrected chi connectivity index (χ4v) is 1.62. The van der Waals surface area contributed by atoms with Crippen molar-refractivity contribution in [2.75, 3.05) is 6.54 Å². The van der Waals surface area contributed by atoms with Crippen molar-refractivity contribution in [3.8, 4) is 0 Å². The van der Waals surface area contributed by atoms with Crippen LogP contribution in [0.1, 0.15) is 26.3 Å². The molecule has 0 fully saturated rings. The van der Waals surface area contributed by atoms with Crippen LogP contribution in [0.4, 0.5) is 0 Å². The Kier molecular flexibility index (Phi) is 6.53. The highest BCUT2D eigenvalue weighted by Gasteiger charge is 2.21. The Balaban J connectivity index is 2.35. The fourth-order valence-electron chi connectivity index (χ4n) is 1.62. The van der Waals surface area contributed by atoms with Gasteiger partial charge in [-0.3, -0.25) is 4.79 Å². The first-order valence-corrected chi connectivity index (χ1v) is 6.73. The van der Waals surface area contributed by atoms with E-state index in [1.54, 1.807) is 0 Å². The second-order valence-electron chi connectivity index (χ2n) is 5.24. The van der Waals surface area contributed by atoms with Gasteiger partial charge in [0.05, 0.1) is 0 Å². The highest BCUT2D eigenvalue weighted by molar-refractivity contribution is 5.81. The van der Waals surface area contributed by atoms with Gasteiger partial charge in [0.15, 0.2) is 0 Å². The predicted octanol–water partition coefficient (Wildman–Crippen LogP) is 1.30. The zero-order valence-electron chi connectivity index (χ0n) is 11.9. The van der Waals surface area contributed by atoms with E-state index in [1.807, 2.05) is 51.1 Å². The molecule has 1 amide bonds. The Bertz CT molecular complexity index is 379. The Morgan fingerprint density at radius 1 is 1.21 bits per heavy atom. The topological polar surface area (TPSA) is 61.4 Å². The van der Waals surface area contributed by atoms with Crippen LogP contribution in [0.25, 0.3) is 0 Å². The van der Waals surface area contributed by atoms with Crippen LogP contribution in [0, 0.1) is 5.92 Å². The molecule has 0 aliphatic heterocycles. The van der Waals surface area contributed by atoms with Crippen LogP contribution in [0.15, 0.2) is 30.3 Å². The van der Waals surface area contributed by atoms with E-state index in [4.69, 9.17) is 0 Å². The summed E-state index contributed by atoms with van der Waals surface area (Å²) in [5.41, 5.74) is 1.13. The van der Waals surface area contributed by atoms with Gasteiger partial charge in [0.25, 0.3) is 0 Å². The zero-order chi connectivity index (χ0) is 14.3. The summed E-state index contributed by atoms with van der Waals surface area (Å²) in [7, 11) is 0. The van der Waals surface area contributed by atoms with Crippen molar-refractivity contribution in [1.82, 2.24) is 10.6 Å². The van der Waals surface area contributed by atoms with Crippen LogP contribution in [0.5, 0.6) is 0 Å². The van der Waals surface area contributed by atoms with Crippen molar-refractivity contribution in [2.24, 2.45) is 5.92 Å². The number of carbonyl (C=O) groups is 1. The minimum Gasteiger partial charge on any atom is -0.382 e. The number of nitrogens with one attached hydrogen (secondary N) is 2. The van der Waals surface area contributed by atoms with E-state index in [2.05, 4.69) is 10.6 Å². The molecule has 1 aromatic carbocycles. The quantitative estimate of drug-likeness (QED) is 0.695. The number of carbonyl (C=O) groups excluding carboxylic acids is 1. The number of hydrogen-bond donors (Lipinski definition) is 3. The van der Waals surface area contributed by atoms with Gasteiger partial charge in [-0.05, 0) is 18.4 Å². The standard InChI is InChI=1S/C15H24N2O2/c1-11(2)9-17-15(19)14(18)12(3)16-10-13-7-5-4-6-8-13/h4-8,11-12,14,16,18H,9-10H2,1-3H3,(H,17,19). The van der Waals surface area contributed by atoms with Gasteiger partial charge < -0.3 is 15.7 Å². The molecule has 2 unspecified atom stereocenters. The first-order valence-electron chi connectivity index (χ1n) is 6.73. The van der Waals surface area contributed by atoms with Crippen molar-refractivity contribution in [3.05, 3.63) is 35.9 Å². The third-order valence-corrected chi connectivity index (χ3v) is 2.90. The van der Waals surface area contributed by atoms with Gasteiger partial charge in [0.2, 0.25) is 5.91 Å². The largest absolute Gasteiger partial charge is 0.382 e. The van der Waals surface area contributed by atoms with Gasteiger partial charge >= 0.3 is 0 Å². The molecule has 4 heteroatoms. The average Bonchev–Trinajstić information content (AvgIpc) is 2.42. The summed E-state index contributed by atoms with van der Waals surface area (Å²) in [5, 5.41) is 15.8. The highest BCUT2D eigenvalue weighted by atomic mass is 16.3. The molecule has 0 saturated carbocycles. The number of aliphatic hydroxyl groups is 1. The lowest BCUT2D eigenvalue weighted by Gasteiger charge is -2.20. The maximum absolute atomic E-state index is 11.7. The molecule has 0 spiro atoms. The lowest BCUT2D eigenvalue weighted by molar-refractivity contribution is -0.130. The third kappa shape index (κ3) is 5.85. The molecule has 4 nitrogen and oxygen atoms in total. The van der Waals surface area contributed by atoms with E-state index >= 15 is 0 Å². The second kappa shape index (κ2) is 7.92. The number of rotatable bonds is 7.